The second kappa shape index (κ2) is 6.21. The number of imide groups is 1. The van der Waals surface area contributed by atoms with Crippen molar-refractivity contribution in [1.29, 1.82) is 0 Å². The van der Waals surface area contributed by atoms with Crippen molar-refractivity contribution >= 4 is 39.9 Å². The molecule has 0 spiro atoms. The number of ether oxygens (including phenoxy) is 1. The zero-order valence-electron chi connectivity index (χ0n) is 11.1. The molecule has 1 atom stereocenters. The van der Waals surface area contributed by atoms with Crippen molar-refractivity contribution in [2.75, 3.05) is 11.9 Å². The Hall–Kier alpha value is -1.96. The van der Waals surface area contributed by atoms with E-state index in [9.17, 15) is 18.8 Å². The Labute approximate surface area is 128 Å². The highest BCUT2D eigenvalue weighted by Gasteiger charge is 2.33. The topological polar surface area (TPSA) is 75.7 Å². The molecule has 1 aromatic carbocycles. The van der Waals surface area contributed by atoms with Crippen LogP contribution in [-0.4, -0.2) is 31.4 Å². The Balaban J connectivity index is 2.40. The van der Waals surface area contributed by atoms with E-state index >= 15 is 0 Å². The summed E-state index contributed by atoms with van der Waals surface area (Å²) in [6, 6.07) is 1.87. The van der Waals surface area contributed by atoms with Crippen molar-refractivity contribution in [2.24, 2.45) is 0 Å². The molecular formula is C13H12BrFN2O4. The smallest absolute Gasteiger partial charge is 0.298 e. The summed E-state index contributed by atoms with van der Waals surface area (Å²) in [6.45, 7) is 0.182. The van der Waals surface area contributed by atoms with Crippen molar-refractivity contribution in [3.05, 3.63) is 22.4 Å². The lowest BCUT2D eigenvalue weighted by molar-refractivity contribution is -0.134. The summed E-state index contributed by atoms with van der Waals surface area (Å²) in [5.41, 5.74) is -0.0222. The number of carbonyl (C=O) groups excluding carboxylic acids is 3. The zero-order chi connectivity index (χ0) is 15.6. The van der Waals surface area contributed by atoms with E-state index in [4.69, 9.17) is 4.74 Å². The van der Waals surface area contributed by atoms with Crippen molar-refractivity contribution < 1.29 is 23.5 Å². The highest BCUT2D eigenvalue weighted by molar-refractivity contribution is 9.10. The maximum absolute atomic E-state index is 14.1. The van der Waals surface area contributed by atoms with Crippen LogP contribution in [-0.2, 0) is 14.4 Å². The van der Waals surface area contributed by atoms with Crippen LogP contribution in [0.25, 0.3) is 0 Å². The number of carbonyl (C=O) groups is 3. The van der Waals surface area contributed by atoms with Crippen LogP contribution in [0.4, 0.5) is 10.1 Å². The van der Waals surface area contributed by atoms with E-state index in [0.717, 1.165) is 0 Å². The number of likely N-dealkylation sites (N-methyl/N-ethyl adjacent to an activating group) is 1. The molecule has 0 aromatic heterocycles. The van der Waals surface area contributed by atoms with Crippen LogP contribution in [0.15, 0.2) is 16.6 Å². The highest BCUT2D eigenvalue weighted by atomic mass is 79.9. The lowest BCUT2D eigenvalue weighted by atomic mass is 10.0. The Morgan fingerprint density at radius 1 is 1.48 bits per heavy atom. The molecule has 2 amide bonds. The van der Waals surface area contributed by atoms with Gasteiger partial charge < -0.3 is 9.64 Å². The predicted molar refractivity (Wildman–Crippen MR) is 75.4 cm³/mol. The normalized spacial score (nSPS) is 18.1. The second-order valence-electron chi connectivity index (χ2n) is 4.50. The molecule has 1 fully saturated rings. The Morgan fingerprint density at radius 2 is 2.19 bits per heavy atom. The third-order valence-electron chi connectivity index (χ3n) is 3.23. The van der Waals surface area contributed by atoms with Crippen LogP contribution in [0.5, 0.6) is 5.75 Å². The molecule has 1 aliphatic heterocycles. The number of hydrogen-bond donors (Lipinski definition) is 1. The molecular weight excluding hydrogens is 347 g/mol. The van der Waals surface area contributed by atoms with E-state index in [2.05, 4.69) is 21.2 Å². The minimum atomic E-state index is -0.722. The van der Waals surface area contributed by atoms with Crippen molar-refractivity contribution in [2.45, 2.75) is 18.9 Å². The van der Waals surface area contributed by atoms with Gasteiger partial charge in [0.05, 0.1) is 4.47 Å². The predicted octanol–water partition coefficient (Wildman–Crippen LogP) is 1.36. The molecule has 0 aliphatic carbocycles. The number of amides is 2. The van der Waals surface area contributed by atoms with Gasteiger partial charge in [0.1, 0.15) is 17.5 Å². The van der Waals surface area contributed by atoms with Crippen LogP contribution in [0, 0.1) is 5.82 Å². The lowest BCUT2D eigenvalue weighted by Gasteiger charge is -2.32. The maximum atomic E-state index is 14.1. The first-order chi connectivity index (χ1) is 9.95. The van der Waals surface area contributed by atoms with Crippen molar-refractivity contribution in [1.82, 2.24) is 5.32 Å². The average molecular weight is 359 g/mol. The number of nitrogens with zero attached hydrogens (tertiary/aromatic N) is 1. The van der Waals surface area contributed by atoms with Gasteiger partial charge in [-0.3, -0.25) is 19.7 Å². The summed E-state index contributed by atoms with van der Waals surface area (Å²) >= 11 is 3.17. The Kier molecular flexibility index (Phi) is 4.56. The molecule has 1 heterocycles. The van der Waals surface area contributed by atoms with Gasteiger partial charge in [-0.15, -0.1) is 0 Å². The Bertz CT molecular complexity index is 608. The first-order valence-electron chi connectivity index (χ1n) is 6.10. The summed E-state index contributed by atoms with van der Waals surface area (Å²) in [5, 5.41) is 2.20. The highest BCUT2D eigenvalue weighted by Crippen LogP contribution is 2.38. The zero-order valence-corrected chi connectivity index (χ0v) is 12.6. The molecule has 1 aliphatic rings. The molecule has 8 heteroatoms. The largest absolute Gasteiger partial charge is 0.425 e. The van der Waals surface area contributed by atoms with Gasteiger partial charge in [-0.05, 0) is 34.5 Å². The van der Waals surface area contributed by atoms with E-state index in [1.54, 1.807) is 0 Å². The standard InChI is InChI=1S/C13H12BrFN2O4/c1-17(9-4-5-10(19)16-13(9)20)11-8(15)3-2-7(14)12(11)21-6-18/h2-3,6,9H,4-5H2,1H3,(H,16,19,20). The summed E-state index contributed by atoms with van der Waals surface area (Å²) in [6.07, 6.45) is 0.424. The quantitative estimate of drug-likeness (QED) is 0.649. The van der Waals surface area contributed by atoms with Crippen LogP contribution in [0.2, 0.25) is 0 Å². The molecule has 0 bridgehead atoms. The van der Waals surface area contributed by atoms with Gasteiger partial charge in [-0.2, -0.15) is 0 Å². The SMILES string of the molecule is CN(c1c(F)ccc(Br)c1OC=O)C1CCC(=O)NC1=O. The van der Waals surface area contributed by atoms with E-state index in [1.807, 2.05) is 0 Å². The molecule has 6 nitrogen and oxygen atoms in total. The maximum Gasteiger partial charge on any atom is 0.298 e. The number of nitrogens with one attached hydrogen (secondary N) is 1. The minimum absolute atomic E-state index is 0.0165. The third kappa shape index (κ3) is 3.05. The molecule has 112 valence electrons. The number of benzene rings is 1. The average Bonchev–Trinajstić information content (AvgIpc) is 2.43. The summed E-state index contributed by atoms with van der Waals surface area (Å²) in [4.78, 5) is 35.0. The summed E-state index contributed by atoms with van der Waals surface area (Å²) in [5.74, 6) is -1.52. The molecule has 1 unspecified atom stereocenters. The van der Waals surface area contributed by atoms with E-state index in [0.29, 0.717) is 4.47 Å². The molecule has 1 saturated heterocycles. The molecule has 0 radical (unpaired) electrons. The van der Waals surface area contributed by atoms with Gasteiger partial charge in [0, 0.05) is 13.5 Å². The fourth-order valence-corrected chi connectivity index (χ4v) is 2.63. The van der Waals surface area contributed by atoms with Gasteiger partial charge in [-0.25, -0.2) is 4.39 Å². The van der Waals surface area contributed by atoms with Crippen LogP contribution in [0.1, 0.15) is 12.8 Å². The molecule has 1 aromatic rings. The number of anilines is 1. The van der Waals surface area contributed by atoms with E-state index < -0.39 is 17.8 Å². The number of rotatable bonds is 4. The second-order valence-corrected chi connectivity index (χ2v) is 5.35. The Morgan fingerprint density at radius 3 is 2.81 bits per heavy atom. The molecule has 1 N–H and O–H groups in total. The van der Waals surface area contributed by atoms with Crippen LogP contribution in [0.3, 0.4) is 0 Å². The fourth-order valence-electron chi connectivity index (χ4n) is 2.22. The van der Waals surface area contributed by atoms with Gasteiger partial charge in [0.25, 0.3) is 6.47 Å². The number of halogens is 2. The van der Waals surface area contributed by atoms with Crippen LogP contribution >= 0.6 is 15.9 Å². The molecule has 2 rings (SSSR count). The molecule has 0 saturated carbocycles. The van der Waals surface area contributed by atoms with Crippen LogP contribution < -0.4 is 15.0 Å². The number of hydrogen-bond acceptors (Lipinski definition) is 5. The molecule has 21 heavy (non-hydrogen) atoms. The van der Waals surface area contributed by atoms with Gasteiger partial charge >= 0.3 is 0 Å². The monoisotopic (exact) mass is 358 g/mol. The first kappa shape index (κ1) is 15.4. The van der Waals surface area contributed by atoms with Gasteiger partial charge in [0.15, 0.2) is 5.75 Å². The van der Waals surface area contributed by atoms with Crippen molar-refractivity contribution in [3.63, 3.8) is 0 Å². The van der Waals surface area contributed by atoms with Crippen molar-refractivity contribution in [3.8, 4) is 5.75 Å². The van der Waals surface area contributed by atoms with E-state index in [-0.39, 0.29) is 36.7 Å². The van der Waals surface area contributed by atoms with E-state index in [1.165, 1.54) is 24.1 Å². The number of piperidine rings is 1. The summed E-state index contributed by atoms with van der Waals surface area (Å²) in [7, 11) is 1.50. The summed E-state index contributed by atoms with van der Waals surface area (Å²) < 4.78 is 19.3. The third-order valence-corrected chi connectivity index (χ3v) is 3.85. The lowest BCUT2D eigenvalue weighted by Crippen LogP contribution is -2.51. The van der Waals surface area contributed by atoms with Gasteiger partial charge in [0.2, 0.25) is 11.8 Å². The van der Waals surface area contributed by atoms with Gasteiger partial charge in [-0.1, -0.05) is 0 Å². The fraction of sp³-hybridized carbons (Fsp3) is 0.308. The first-order valence-corrected chi connectivity index (χ1v) is 6.89. The minimum Gasteiger partial charge on any atom is -0.425 e.